The molecule has 2 amide bonds. The molecule has 3 rings (SSSR count). The monoisotopic (exact) mass is 438 g/mol. The van der Waals surface area contributed by atoms with Gasteiger partial charge < -0.3 is 15.4 Å². The Labute approximate surface area is 171 Å². The first-order valence-electron chi connectivity index (χ1n) is 8.75. The van der Waals surface area contributed by atoms with Crippen LogP contribution in [0.3, 0.4) is 0 Å². The first kappa shape index (κ1) is 19.6. The summed E-state index contributed by atoms with van der Waals surface area (Å²) in [5.74, 6) is 0.180. The maximum Gasteiger partial charge on any atom is 0.255 e. The van der Waals surface area contributed by atoms with Crippen LogP contribution in [0.4, 0.5) is 5.69 Å². The summed E-state index contributed by atoms with van der Waals surface area (Å²) in [5, 5.41) is 5.60. The van der Waals surface area contributed by atoms with E-state index in [2.05, 4.69) is 26.6 Å². The van der Waals surface area contributed by atoms with Crippen molar-refractivity contribution < 1.29 is 14.3 Å². The van der Waals surface area contributed by atoms with Gasteiger partial charge in [-0.3, -0.25) is 9.59 Å². The van der Waals surface area contributed by atoms with Gasteiger partial charge in [0.15, 0.2) is 0 Å². The SMILES string of the molecule is O=C(Nc1ccccc1C(=O)NCCOc1cccc(Br)c1)c1ccccc1. The Morgan fingerprint density at radius 1 is 0.857 bits per heavy atom. The van der Waals surface area contributed by atoms with Crippen molar-refractivity contribution in [2.24, 2.45) is 0 Å². The predicted octanol–water partition coefficient (Wildman–Crippen LogP) is 4.51. The summed E-state index contributed by atoms with van der Waals surface area (Å²) in [7, 11) is 0. The van der Waals surface area contributed by atoms with Gasteiger partial charge in [0, 0.05) is 10.0 Å². The van der Waals surface area contributed by atoms with Crippen LogP contribution in [-0.4, -0.2) is 25.0 Å². The lowest BCUT2D eigenvalue weighted by molar-refractivity contribution is 0.0948. The molecular weight excluding hydrogens is 420 g/mol. The summed E-state index contributed by atoms with van der Waals surface area (Å²) in [6.07, 6.45) is 0. The molecule has 0 aliphatic heterocycles. The van der Waals surface area contributed by atoms with Crippen LogP contribution in [0, 0.1) is 0 Å². The number of benzene rings is 3. The molecule has 0 spiro atoms. The molecule has 2 N–H and O–H groups in total. The molecule has 0 aliphatic carbocycles. The molecule has 6 heteroatoms. The average Bonchev–Trinajstić information content (AvgIpc) is 2.72. The number of hydrogen-bond donors (Lipinski definition) is 2. The van der Waals surface area contributed by atoms with Gasteiger partial charge in [-0.15, -0.1) is 0 Å². The highest BCUT2D eigenvalue weighted by Crippen LogP contribution is 2.18. The number of nitrogens with one attached hydrogen (secondary N) is 2. The molecule has 0 radical (unpaired) electrons. The van der Waals surface area contributed by atoms with Crippen molar-refractivity contribution in [1.82, 2.24) is 5.32 Å². The van der Waals surface area contributed by atoms with Crippen molar-refractivity contribution in [3.05, 3.63) is 94.5 Å². The highest BCUT2D eigenvalue weighted by molar-refractivity contribution is 9.10. The minimum Gasteiger partial charge on any atom is -0.492 e. The zero-order valence-corrected chi connectivity index (χ0v) is 16.6. The number of anilines is 1. The molecule has 0 heterocycles. The van der Waals surface area contributed by atoms with Crippen molar-refractivity contribution in [3.8, 4) is 5.75 Å². The second-order valence-corrected chi connectivity index (χ2v) is 6.84. The van der Waals surface area contributed by atoms with Gasteiger partial charge in [0.05, 0.1) is 17.8 Å². The minimum absolute atomic E-state index is 0.265. The Bertz CT molecular complexity index is 961. The molecule has 3 aromatic carbocycles. The van der Waals surface area contributed by atoms with Gasteiger partial charge in [0.25, 0.3) is 11.8 Å². The molecule has 0 unspecified atom stereocenters. The lowest BCUT2D eigenvalue weighted by Crippen LogP contribution is -2.29. The Morgan fingerprint density at radius 2 is 1.61 bits per heavy atom. The fourth-order valence-corrected chi connectivity index (χ4v) is 2.94. The number of ether oxygens (including phenoxy) is 1. The average molecular weight is 439 g/mol. The van der Waals surface area contributed by atoms with Gasteiger partial charge in [-0.2, -0.15) is 0 Å². The van der Waals surface area contributed by atoms with Crippen molar-refractivity contribution in [1.29, 1.82) is 0 Å². The number of halogens is 1. The van der Waals surface area contributed by atoms with E-state index in [1.165, 1.54) is 0 Å². The molecule has 5 nitrogen and oxygen atoms in total. The molecular formula is C22H19BrN2O3. The van der Waals surface area contributed by atoms with Crippen LogP contribution >= 0.6 is 15.9 Å². The summed E-state index contributed by atoms with van der Waals surface area (Å²) >= 11 is 3.39. The van der Waals surface area contributed by atoms with Gasteiger partial charge in [0.1, 0.15) is 12.4 Å². The number of carbonyl (C=O) groups excluding carboxylic acids is 2. The molecule has 0 saturated heterocycles. The summed E-state index contributed by atoms with van der Waals surface area (Å²) in [6.45, 7) is 0.674. The number of hydrogen-bond acceptors (Lipinski definition) is 3. The van der Waals surface area contributed by atoms with Gasteiger partial charge in [-0.1, -0.05) is 52.3 Å². The summed E-state index contributed by atoms with van der Waals surface area (Å²) < 4.78 is 6.54. The van der Waals surface area contributed by atoms with E-state index in [0.29, 0.717) is 30.0 Å². The number of amides is 2. The standard InChI is InChI=1S/C22H19BrN2O3/c23-17-9-6-10-18(15-17)28-14-13-24-22(27)19-11-4-5-12-20(19)25-21(26)16-7-2-1-3-8-16/h1-12,15H,13-14H2,(H,24,27)(H,25,26). The molecule has 0 bridgehead atoms. The number of rotatable bonds is 7. The lowest BCUT2D eigenvalue weighted by atomic mass is 10.1. The third kappa shape index (κ3) is 5.44. The fourth-order valence-electron chi connectivity index (χ4n) is 2.56. The highest BCUT2D eigenvalue weighted by atomic mass is 79.9. The van der Waals surface area contributed by atoms with Gasteiger partial charge in [0.2, 0.25) is 0 Å². The van der Waals surface area contributed by atoms with Crippen LogP contribution in [0.25, 0.3) is 0 Å². The molecule has 3 aromatic rings. The van der Waals surface area contributed by atoms with E-state index in [1.54, 1.807) is 48.5 Å². The molecule has 0 atom stereocenters. The number of carbonyl (C=O) groups is 2. The van der Waals surface area contributed by atoms with E-state index in [9.17, 15) is 9.59 Å². The zero-order valence-electron chi connectivity index (χ0n) is 15.0. The van der Waals surface area contributed by atoms with Crippen molar-refractivity contribution in [2.45, 2.75) is 0 Å². The van der Waals surface area contributed by atoms with Crippen molar-refractivity contribution in [3.63, 3.8) is 0 Å². The Morgan fingerprint density at radius 3 is 2.39 bits per heavy atom. The largest absolute Gasteiger partial charge is 0.492 e. The topological polar surface area (TPSA) is 67.4 Å². The Kier molecular flexibility index (Phi) is 6.81. The quantitative estimate of drug-likeness (QED) is 0.533. The Balaban J connectivity index is 1.57. The summed E-state index contributed by atoms with van der Waals surface area (Å²) in [5.41, 5.74) is 1.39. The Hall–Kier alpha value is -3.12. The second kappa shape index (κ2) is 9.71. The molecule has 142 valence electrons. The van der Waals surface area contributed by atoms with E-state index in [1.807, 2.05) is 30.3 Å². The summed E-state index contributed by atoms with van der Waals surface area (Å²) in [6, 6.07) is 23.3. The molecule has 0 aromatic heterocycles. The molecule has 0 fully saturated rings. The predicted molar refractivity (Wildman–Crippen MR) is 113 cm³/mol. The lowest BCUT2D eigenvalue weighted by Gasteiger charge is -2.12. The van der Waals surface area contributed by atoms with Crippen molar-refractivity contribution in [2.75, 3.05) is 18.5 Å². The first-order valence-corrected chi connectivity index (χ1v) is 9.55. The van der Waals surface area contributed by atoms with E-state index in [4.69, 9.17) is 4.74 Å². The molecule has 0 aliphatic rings. The van der Waals surface area contributed by atoms with E-state index < -0.39 is 0 Å². The maximum absolute atomic E-state index is 12.5. The molecule has 0 saturated carbocycles. The normalized spacial score (nSPS) is 10.2. The smallest absolute Gasteiger partial charge is 0.255 e. The fraction of sp³-hybridized carbons (Fsp3) is 0.0909. The minimum atomic E-state index is -0.276. The van der Waals surface area contributed by atoms with Crippen LogP contribution < -0.4 is 15.4 Å². The van der Waals surface area contributed by atoms with E-state index in [0.717, 1.165) is 10.2 Å². The van der Waals surface area contributed by atoms with Crippen LogP contribution in [-0.2, 0) is 0 Å². The van der Waals surface area contributed by atoms with Crippen LogP contribution in [0.15, 0.2) is 83.3 Å². The van der Waals surface area contributed by atoms with Crippen LogP contribution in [0.5, 0.6) is 5.75 Å². The van der Waals surface area contributed by atoms with E-state index >= 15 is 0 Å². The number of para-hydroxylation sites is 1. The zero-order chi connectivity index (χ0) is 19.8. The van der Waals surface area contributed by atoms with Gasteiger partial charge in [-0.05, 0) is 42.5 Å². The third-order valence-corrected chi connectivity index (χ3v) is 4.40. The first-order chi connectivity index (χ1) is 13.6. The van der Waals surface area contributed by atoms with Gasteiger partial charge >= 0.3 is 0 Å². The third-order valence-electron chi connectivity index (χ3n) is 3.91. The van der Waals surface area contributed by atoms with E-state index in [-0.39, 0.29) is 11.8 Å². The molecule has 28 heavy (non-hydrogen) atoms. The summed E-state index contributed by atoms with van der Waals surface area (Å²) in [4.78, 5) is 24.9. The second-order valence-electron chi connectivity index (χ2n) is 5.93. The van der Waals surface area contributed by atoms with Gasteiger partial charge in [-0.25, -0.2) is 0 Å². The maximum atomic E-state index is 12.5. The van der Waals surface area contributed by atoms with Crippen LogP contribution in [0.2, 0.25) is 0 Å². The highest BCUT2D eigenvalue weighted by Gasteiger charge is 2.13. The van der Waals surface area contributed by atoms with Crippen LogP contribution in [0.1, 0.15) is 20.7 Å². The van der Waals surface area contributed by atoms with Crippen molar-refractivity contribution >= 4 is 33.4 Å².